The van der Waals surface area contributed by atoms with Gasteiger partial charge in [-0.2, -0.15) is 0 Å². The minimum Gasteiger partial charge on any atom is -0.497 e. The minimum absolute atomic E-state index is 0.0580. The van der Waals surface area contributed by atoms with Gasteiger partial charge >= 0.3 is 0 Å². The van der Waals surface area contributed by atoms with Crippen molar-refractivity contribution < 1.29 is 23.5 Å². The molecule has 0 bridgehead atoms. The molecule has 1 aromatic heterocycles. The van der Waals surface area contributed by atoms with Gasteiger partial charge in [0, 0.05) is 18.2 Å². The molecule has 0 spiro atoms. The third-order valence-electron chi connectivity index (χ3n) is 3.15. The Morgan fingerprint density at radius 2 is 1.77 bits per heavy atom. The van der Waals surface area contributed by atoms with Crippen LogP contribution in [0.15, 0.2) is 27.8 Å². The Labute approximate surface area is 154 Å². The number of aromatic nitrogens is 2. The van der Waals surface area contributed by atoms with Crippen molar-refractivity contribution in [3.63, 3.8) is 0 Å². The van der Waals surface area contributed by atoms with E-state index in [1.54, 1.807) is 39.3 Å². The number of hydrogen-bond donors (Lipinski definition) is 2. The van der Waals surface area contributed by atoms with Gasteiger partial charge in [0.25, 0.3) is 5.22 Å². The molecule has 0 aliphatic rings. The molecule has 2 amide bonds. The number of nitrogens with one attached hydrogen (secondary N) is 2. The van der Waals surface area contributed by atoms with Crippen molar-refractivity contribution in [1.82, 2.24) is 20.8 Å². The van der Waals surface area contributed by atoms with E-state index < -0.39 is 0 Å². The van der Waals surface area contributed by atoms with E-state index in [1.165, 1.54) is 0 Å². The molecule has 2 rings (SSSR count). The quantitative estimate of drug-likeness (QED) is 0.621. The molecule has 0 unspecified atom stereocenters. The van der Waals surface area contributed by atoms with Crippen molar-refractivity contribution in [3.8, 4) is 23.0 Å². The Balaban J connectivity index is 1.93. The van der Waals surface area contributed by atoms with Gasteiger partial charge < -0.3 is 24.5 Å². The Morgan fingerprint density at radius 1 is 1.08 bits per heavy atom. The van der Waals surface area contributed by atoms with Crippen LogP contribution >= 0.6 is 11.8 Å². The van der Waals surface area contributed by atoms with Gasteiger partial charge in [0.05, 0.1) is 26.5 Å². The molecule has 2 aromatic rings. The molecule has 0 saturated carbocycles. The molecule has 9 nitrogen and oxygen atoms in total. The highest BCUT2D eigenvalue weighted by Gasteiger charge is 2.13. The Morgan fingerprint density at radius 3 is 2.38 bits per heavy atom. The predicted octanol–water partition coefficient (Wildman–Crippen LogP) is 1.10. The Bertz CT molecular complexity index is 743. The minimum atomic E-state index is -0.302. The summed E-state index contributed by atoms with van der Waals surface area (Å²) in [7, 11) is 3.10. The first-order valence-corrected chi connectivity index (χ1v) is 8.77. The van der Waals surface area contributed by atoms with E-state index in [1.807, 2.05) is 0 Å². The van der Waals surface area contributed by atoms with E-state index in [0.717, 1.165) is 11.8 Å². The van der Waals surface area contributed by atoms with Crippen LogP contribution in [0.4, 0.5) is 0 Å². The molecule has 0 aliphatic heterocycles. The van der Waals surface area contributed by atoms with Crippen LogP contribution in [0.25, 0.3) is 11.5 Å². The second-order valence-corrected chi connectivity index (χ2v) is 5.92. The summed E-state index contributed by atoms with van der Waals surface area (Å²) >= 11 is 1.08. The fourth-order valence-electron chi connectivity index (χ4n) is 1.93. The topological polar surface area (TPSA) is 116 Å². The summed E-state index contributed by atoms with van der Waals surface area (Å²) in [6.07, 6.45) is 0. The van der Waals surface area contributed by atoms with Crippen LogP contribution in [0.2, 0.25) is 0 Å². The third-order valence-corrected chi connectivity index (χ3v) is 3.97. The summed E-state index contributed by atoms with van der Waals surface area (Å²) in [5.41, 5.74) is 0.640. The van der Waals surface area contributed by atoms with Crippen molar-refractivity contribution in [3.05, 3.63) is 18.2 Å². The number of ether oxygens (including phenoxy) is 2. The maximum Gasteiger partial charge on any atom is 0.277 e. The number of benzene rings is 1. The lowest BCUT2D eigenvalue weighted by atomic mass is 10.2. The molecule has 0 aliphatic carbocycles. The van der Waals surface area contributed by atoms with E-state index in [4.69, 9.17) is 13.9 Å². The maximum absolute atomic E-state index is 11.7. The number of methoxy groups -OCH3 is 2. The van der Waals surface area contributed by atoms with Crippen molar-refractivity contribution in [2.24, 2.45) is 0 Å². The number of thioether (sulfide) groups is 1. The smallest absolute Gasteiger partial charge is 0.277 e. The fraction of sp³-hybridized carbons (Fsp3) is 0.375. The molecule has 0 atom stereocenters. The highest BCUT2D eigenvalue weighted by Crippen LogP contribution is 2.30. The first-order chi connectivity index (χ1) is 12.5. The summed E-state index contributed by atoms with van der Waals surface area (Å²) in [5.74, 6) is 0.991. The average Bonchev–Trinajstić information content (AvgIpc) is 3.13. The van der Waals surface area contributed by atoms with E-state index in [-0.39, 0.29) is 35.2 Å². The highest BCUT2D eigenvalue weighted by atomic mass is 32.2. The largest absolute Gasteiger partial charge is 0.497 e. The van der Waals surface area contributed by atoms with Gasteiger partial charge in [0.2, 0.25) is 17.7 Å². The van der Waals surface area contributed by atoms with Gasteiger partial charge in [0.1, 0.15) is 11.5 Å². The molecule has 1 heterocycles. The normalized spacial score (nSPS) is 10.3. The van der Waals surface area contributed by atoms with Gasteiger partial charge in [-0.15, -0.1) is 10.2 Å². The highest BCUT2D eigenvalue weighted by molar-refractivity contribution is 7.99. The zero-order valence-corrected chi connectivity index (χ0v) is 15.5. The molecular formula is C16H20N4O5S. The van der Waals surface area contributed by atoms with Crippen molar-refractivity contribution in [1.29, 1.82) is 0 Å². The van der Waals surface area contributed by atoms with E-state index in [0.29, 0.717) is 23.6 Å². The summed E-state index contributed by atoms with van der Waals surface area (Å²) in [6, 6.07) is 5.21. The number of likely N-dealkylation sites (N-methyl/N-ethyl adjacent to an activating group) is 1. The molecule has 2 N–H and O–H groups in total. The van der Waals surface area contributed by atoms with Gasteiger partial charge in [-0.25, -0.2) is 0 Å². The molecule has 10 heteroatoms. The average molecular weight is 380 g/mol. The van der Waals surface area contributed by atoms with Gasteiger partial charge in [-0.1, -0.05) is 11.8 Å². The van der Waals surface area contributed by atoms with Crippen LogP contribution in [-0.4, -0.2) is 55.1 Å². The van der Waals surface area contributed by atoms with Gasteiger partial charge in [-0.3, -0.25) is 9.59 Å². The molecule has 1 aromatic carbocycles. The van der Waals surface area contributed by atoms with Crippen LogP contribution in [0, 0.1) is 0 Å². The third kappa shape index (κ3) is 5.66. The standard InChI is InChI=1S/C16H20N4O5S/c1-4-17-13(21)8-18-14(22)9-26-16-20-19-15(25-16)10-5-11(23-2)7-12(6-10)24-3/h5-7H,4,8-9H2,1-3H3,(H,17,21)(H,18,22). The van der Waals surface area contributed by atoms with Crippen LogP contribution in [0.3, 0.4) is 0 Å². The summed E-state index contributed by atoms with van der Waals surface area (Å²) in [6.45, 7) is 2.26. The molecule has 0 fully saturated rings. The number of nitrogens with zero attached hydrogens (tertiary/aromatic N) is 2. The second-order valence-electron chi connectivity index (χ2n) is 4.99. The van der Waals surface area contributed by atoms with Crippen molar-refractivity contribution in [2.45, 2.75) is 12.1 Å². The Kier molecular flexibility index (Phi) is 7.27. The predicted molar refractivity (Wildman–Crippen MR) is 95.3 cm³/mol. The number of carbonyl (C=O) groups excluding carboxylic acids is 2. The summed E-state index contributed by atoms with van der Waals surface area (Å²) in [4.78, 5) is 23.0. The zero-order chi connectivity index (χ0) is 18.9. The number of carbonyl (C=O) groups is 2. The molecule has 0 saturated heterocycles. The second kappa shape index (κ2) is 9.66. The Hall–Kier alpha value is -2.75. The van der Waals surface area contributed by atoms with Gasteiger partial charge in [0.15, 0.2) is 0 Å². The first kappa shape index (κ1) is 19.6. The summed E-state index contributed by atoms with van der Waals surface area (Å²) < 4.78 is 16.0. The maximum atomic E-state index is 11.7. The van der Waals surface area contributed by atoms with Gasteiger partial charge in [-0.05, 0) is 19.1 Å². The molecular weight excluding hydrogens is 360 g/mol. The van der Waals surface area contributed by atoms with Crippen molar-refractivity contribution in [2.75, 3.05) is 33.1 Å². The van der Waals surface area contributed by atoms with Crippen LogP contribution in [-0.2, 0) is 9.59 Å². The monoisotopic (exact) mass is 380 g/mol. The van der Waals surface area contributed by atoms with E-state index >= 15 is 0 Å². The van der Waals surface area contributed by atoms with Crippen LogP contribution in [0.5, 0.6) is 11.5 Å². The lowest BCUT2D eigenvalue weighted by Crippen LogP contribution is -2.37. The van der Waals surface area contributed by atoms with Crippen LogP contribution < -0.4 is 20.1 Å². The van der Waals surface area contributed by atoms with E-state index in [2.05, 4.69) is 20.8 Å². The fourth-order valence-corrected chi connectivity index (χ4v) is 2.53. The van der Waals surface area contributed by atoms with Crippen LogP contribution in [0.1, 0.15) is 6.92 Å². The first-order valence-electron chi connectivity index (χ1n) is 7.78. The summed E-state index contributed by atoms with van der Waals surface area (Å²) in [5, 5.41) is 13.2. The number of amides is 2. The number of hydrogen-bond acceptors (Lipinski definition) is 8. The molecule has 26 heavy (non-hydrogen) atoms. The van der Waals surface area contributed by atoms with Crippen molar-refractivity contribution >= 4 is 23.6 Å². The van der Waals surface area contributed by atoms with E-state index in [9.17, 15) is 9.59 Å². The SMILES string of the molecule is CCNC(=O)CNC(=O)CSc1nnc(-c2cc(OC)cc(OC)c2)o1. The molecule has 140 valence electrons. The molecule has 0 radical (unpaired) electrons. The zero-order valence-electron chi connectivity index (χ0n) is 14.7. The lowest BCUT2D eigenvalue weighted by Gasteiger charge is -2.05. The number of rotatable bonds is 9. The lowest BCUT2D eigenvalue weighted by molar-refractivity contribution is -0.124.